The molecule has 658 valence electrons. The van der Waals surface area contributed by atoms with Crippen molar-refractivity contribution < 1.29 is 89.3 Å². The maximum Gasteiger partial charge on any atom is 0.494 e. The molecule has 11 aromatic rings. The molecule has 3 aliphatic rings. The summed E-state index contributed by atoms with van der Waals surface area (Å²) < 4.78 is 120. The maximum absolute atomic E-state index is 14.1. The minimum Gasteiger partial charge on any atom is -0.508 e. The van der Waals surface area contributed by atoms with Gasteiger partial charge in [0.2, 0.25) is 0 Å². The smallest absolute Gasteiger partial charge is 0.494 e. The molecule has 7 heterocycles. The molecule has 14 rings (SSSR count). The predicted octanol–water partition coefficient (Wildman–Crippen LogP) is 20.2. The molecule has 24 nitrogen and oxygen atoms in total. The normalized spacial score (nSPS) is 14.9. The number of carbonyl (C=O) groups is 1. The number of aliphatic hydroxyl groups excluding tert-OH is 1. The highest BCUT2D eigenvalue weighted by Gasteiger charge is 2.64. The molecule has 0 atom stereocenters. The Labute approximate surface area is 762 Å². The van der Waals surface area contributed by atoms with Crippen LogP contribution in [0.4, 0.5) is 17.6 Å². The third-order valence-corrected chi connectivity index (χ3v) is 20.9. The van der Waals surface area contributed by atoms with E-state index in [4.69, 9.17) is 90.1 Å². The molecular formula is C88H99B3Br2Cl2F4IN9O15. The van der Waals surface area contributed by atoms with Crippen LogP contribution >= 0.6 is 77.7 Å². The van der Waals surface area contributed by atoms with Crippen LogP contribution in [0, 0.1) is 54.5 Å². The molecule has 3 fully saturated rings. The first-order valence-electron chi connectivity index (χ1n) is 38.5. The lowest BCUT2D eigenvalue weighted by Gasteiger charge is -2.32. The van der Waals surface area contributed by atoms with E-state index in [1.54, 1.807) is 161 Å². The van der Waals surface area contributed by atoms with E-state index in [1.165, 1.54) is 48.5 Å². The van der Waals surface area contributed by atoms with E-state index in [9.17, 15) is 22.4 Å². The predicted molar refractivity (Wildman–Crippen MR) is 485 cm³/mol. The molecule has 0 spiro atoms. The first-order chi connectivity index (χ1) is 58.1. The van der Waals surface area contributed by atoms with Crippen molar-refractivity contribution in [1.82, 2.24) is 44.8 Å². The van der Waals surface area contributed by atoms with Gasteiger partial charge in [-0.2, -0.15) is 0 Å². The van der Waals surface area contributed by atoms with Crippen molar-refractivity contribution in [2.45, 2.75) is 171 Å². The van der Waals surface area contributed by atoms with Crippen LogP contribution in [0.25, 0.3) is 0 Å². The molecule has 0 bridgehead atoms. The summed E-state index contributed by atoms with van der Waals surface area (Å²) in [5, 5.41) is 26.5. The fourth-order valence-electron chi connectivity index (χ4n) is 10.1. The number of aryl methyl sites for hydroxylation is 4. The number of aliphatic hydroxyl groups is 1. The number of hydrogen-bond donors (Lipinski definition) is 3. The fourth-order valence-corrected chi connectivity index (χ4v) is 12.4. The number of ether oxygens (including phenoxy) is 5. The van der Waals surface area contributed by atoms with Crippen LogP contribution in [0.1, 0.15) is 129 Å². The molecule has 0 saturated carbocycles. The Kier molecular flexibility index (Phi) is 38.7. The van der Waals surface area contributed by atoms with E-state index in [0.29, 0.717) is 78.8 Å². The number of phenols is 1. The van der Waals surface area contributed by atoms with E-state index >= 15 is 0 Å². The van der Waals surface area contributed by atoms with E-state index in [2.05, 4.69) is 94.3 Å². The Morgan fingerprint density at radius 3 is 1.01 bits per heavy atom. The summed E-state index contributed by atoms with van der Waals surface area (Å²) in [6, 6.07) is 38.2. The van der Waals surface area contributed by atoms with Crippen molar-refractivity contribution in [2.75, 3.05) is 20.6 Å². The van der Waals surface area contributed by atoms with Crippen molar-refractivity contribution in [2.24, 2.45) is 0 Å². The molecule has 124 heavy (non-hydrogen) atoms. The summed E-state index contributed by atoms with van der Waals surface area (Å²) in [5.74, 6) is 3.81. The molecule has 0 radical (unpaired) electrons. The van der Waals surface area contributed by atoms with Gasteiger partial charge in [0.1, 0.15) is 112 Å². The number of benzene rings is 7. The van der Waals surface area contributed by atoms with Gasteiger partial charge >= 0.3 is 27.1 Å². The number of phenolic OH excluding ortho intramolecular Hbond substituents is 1. The largest absolute Gasteiger partial charge is 0.508 e. The average molecular weight is 1990 g/mol. The first-order valence-corrected chi connectivity index (χ1v) is 41.9. The molecule has 3 N–H and O–H groups in total. The van der Waals surface area contributed by atoms with Crippen LogP contribution < -0.4 is 29.1 Å². The summed E-state index contributed by atoms with van der Waals surface area (Å²) in [4.78, 5) is 43.7. The molecule has 4 aromatic heterocycles. The Morgan fingerprint density at radius 1 is 0.419 bits per heavy atom. The Morgan fingerprint density at radius 2 is 0.710 bits per heavy atom. The standard InChI is InChI=1S/C24H26BFN2O4.C18H14ClFN2O2.C12H24B2O4.C12H10BrFN2O.C6H3BrFI.C6H5ClO.C6H8N2O.C4H9NO2/c1-16-27-13-17(14-28-16)15-29-21-10-19(26)11-22(12-21)30-20-8-6-18(7-9-20)25-31-23(2,3)24(4,5)32-25;1-12-21-9-13(10-22-12)11-23-17-6-15(20)7-18(8-17)24-16-4-2-14(19)3-5-16;1-9(2)10(3,4)16-13(15-9)14-17-11(5,6)12(7,8)18-14;1-8-15-5-9(6-16-8)7-17-12-3-10(13)2-11(14)4-12;7-4-1-5(8)3-6(9)2-4;7-5-1-3-6(8)4-2-5;1-5-7-2-6(4-9)3-8-5;1-5(2)3-4(6)7/h6-14H,15H2,1-5H3;2-10H,11H2,1H3;1-8H3;2-6H,7H2,1H3;1-3H;1-4,8H;2-3,9H,4H2,1H3;3H2,1-2H3,(H,6,7). The van der Waals surface area contributed by atoms with Crippen LogP contribution in [-0.4, -0.2) is 141 Å². The summed E-state index contributed by atoms with van der Waals surface area (Å²) in [5.41, 5.74) is 1.82. The number of likely N-dealkylation sites (N-methyl/N-ethyl adjacent to an activating group) is 1. The Hall–Kier alpha value is -9.01. The minimum atomic E-state index is -0.787. The van der Waals surface area contributed by atoms with Gasteiger partial charge in [0.25, 0.3) is 0 Å². The number of rotatable bonds is 18. The Bertz CT molecular complexity index is 5030. The maximum atomic E-state index is 14.1. The van der Waals surface area contributed by atoms with Crippen LogP contribution in [0.5, 0.6) is 46.0 Å². The average Bonchev–Trinajstić information content (AvgIpc) is 1.60. The van der Waals surface area contributed by atoms with E-state index in [-0.39, 0.29) is 66.2 Å². The van der Waals surface area contributed by atoms with Gasteiger partial charge in [0.15, 0.2) is 0 Å². The Balaban J connectivity index is 0.000000206. The zero-order valence-electron chi connectivity index (χ0n) is 71.9. The molecule has 3 aliphatic heterocycles. The van der Waals surface area contributed by atoms with Crippen LogP contribution in [0.3, 0.4) is 0 Å². The van der Waals surface area contributed by atoms with Gasteiger partial charge in [-0.05, 0) is 244 Å². The monoisotopic (exact) mass is 1990 g/mol. The van der Waals surface area contributed by atoms with Crippen LogP contribution in [-0.2, 0) is 59.1 Å². The lowest BCUT2D eigenvalue weighted by molar-refractivity contribution is -0.137. The topological polar surface area (TPSA) is 286 Å². The van der Waals surface area contributed by atoms with Crippen molar-refractivity contribution in [3.05, 3.63) is 287 Å². The molecule has 3 saturated heterocycles. The van der Waals surface area contributed by atoms with Crippen LogP contribution in [0.2, 0.25) is 10.0 Å². The van der Waals surface area contributed by atoms with Gasteiger partial charge in [0, 0.05) is 137 Å². The summed E-state index contributed by atoms with van der Waals surface area (Å²) in [6.07, 6.45) is 13.3. The number of carboxylic acids is 1. The van der Waals surface area contributed by atoms with Gasteiger partial charge in [-0.1, -0.05) is 67.2 Å². The van der Waals surface area contributed by atoms with Crippen molar-refractivity contribution >= 4 is 110 Å². The lowest BCUT2D eigenvalue weighted by Crippen LogP contribution is -2.41. The summed E-state index contributed by atoms with van der Waals surface area (Å²) >= 11 is 19.8. The molecule has 0 amide bonds. The zero-order chi connectivity index (χ0) is 91.5. The van der Waals surface area contributed by atoms with Gasteiger partial charge < -0.3 is 66.9 Å². The lowest BCUT2D eigenvalue weighted by atomic mass is 9.49. The highest BCUT2D eigenvalue weighted by Crippen LogP contribution is 2.44. The van der Waals surface area contributed by atoms with Crippen molar-refractivity contribution in [1.29, 1.82) is 0 Å². The quantitative estimate of drug-likeness (QED) is 0.0409. The van der Waals surface area contributed by atoms with Crippen LogP contribution in [0.15, 0.2) is 204 Å². The van der Waals surface area contributed by atoms with Crippen molar-refractivity contribution in [3.8, 4) is 46.0 Å². The minimum absolute atomic E-state index is 0.0142. The number of halogens is 9. The molecule has 0 unspecified atom stereocenters. The second-order valence-corrected chi connectivity index (χ2v) is 35.1. The van der Waals surface area contributed by atoms with Gasteiger partial charge in [-0.3, -0.25) is 9.69 Å². The SMILES string of the molecule is CC1(C)OB(B2OC(C)(C)C(C)(C)O2)OC1(C)C.CN(C)CC(=O)O.Cc1ncc(CO)cn1.Cc1ncc(COc2cc(F)cc(Br)c2)cn1.Cc1ncc(COc2cc(F)cc(Oc3ccc(B4OC(C)(C)C(C)(C)O4)cc3)c2)cn1.Cc1ncc(COc2cc(F)cc(Oc3ccc(Cl)cc3)c2)cn1.Fc1cc(Br)cc(I)c1.Oc1ccc(Cl)cc1. The number of carboxylic acid groups (broad SMARTS) is 1. The molecular weight excluding hydrogens is 1890 g/mol. The highest BCUT2D eigenvalue weighted by molar-refractivity contribution is 14.1. The number of hydrogen-bond acceptors (Lipinski definition) is 23. The first kappa shape index (κ1) is 102. The molecule has 36 heteroatoms. The van der Waals surface area contributed by atoms with Gasteiger partial charge in [0.05, 0.1) is 46.8 Å². The number of nitrogens with zero attached hydrogens (tertiary/aromatic N) is 9. The third kappa shape index (κ3) is 34.4. The summed E-state index contributed by atoms with van der Waals surface area (Å²) in [6.45, 7) is 32.4. The number of aromatic hydroxyl groups is 1. The van der Waals surface area contributed by atoms with Crippen molar-refractivity contribution in [3.63, 3.8) is 0 Å². The molecule has 7 aromatic carbocycles. The third-order valence-electron chi connectivity index (χ3n) is 18.8. The van der Waals surface area contributed by atoms with Gasteiger partial charge in [-0.25, -0.2) is 57.4 Å². The van der Waals surface area contributed by atoms with Gasteiger partial charge in [-0.15, -0.1) is 0 Å². The second kappa shape index (κ2) is 47.0. The number of aromatic nitrogens is 8. The summed E-state index contributed by atoms with van der Waals surface area (Å²) in [7, 11) is 2.03. The highest BCUT2D eigenvalue weighted by atomic mass is 127. The number of aliphatic carboxylic acids is 1. The second-order valence-electron chi connectivity index (χ2n) is 31.2. The van der Waals surface area contributed by atoms with E-state index < -0.39 is 49.9 Å². The van der Waals surface area contributed by atoms with E-state index in [0.717, 1.165) is 41.6 Å². The fraction of sp³-hybridized carbons (Fsp3) is 0.330. The zero-order valence-corrected chi connectivity index (χ0v) is 78.8. The van der Waals surface area contributed by atoms with E-state index in [1.807, 2.05) is 115 Å². The molecule has 0 aliphatic carbocycles.